The van der Waals surface area contributed by atoms with Crippen LogP contribution in [0.25, 0.3) is 0 Å². The third-order valence-electron chi connectivity index (χ3n) is 4.91. The number of hydrogen-bond acceptors (Lipinski definition) is 1. The summed E-state index contributed by atoms with van der Waals surface area (Å²) in [5.74, 6) is 1.21. The number of fused-ring (bicyclic) bond motifs is 1. The molecule has 4 rings (SSSR count). The SMILES string of the molecule is CN1C(=O)Nc2ccc(Cl)cc2C1(C1CC1)C1CC1. The molecule has 3 aliphatic rings. The number of carbonyl (C=O) groups is 1. The minimum Gasteiger partial charge on any atom is -0.317 e. The predicted molar refractivity (Wildman–Crippen MR) is 75.4 cm³/mol. The van der Waals surface area contributed by atoms with Gasteiger partial charge >= 0.3 is 6.03 Å². The average Bonchev–Trinajstić information content (AvgIpc) is 3.25. The van der Waals surface area contributed by atoms with Gasteiger partial charge in [-0.25, -0.2) is 4.79 Å². The number of amides is 2. The molecule has 1 aromatic rings. The molecule has 1 aromatic carbocycles. The van der Waals surface area contributed by atoms with E-state index in [1.54, 1.807) is 0 Å². The Kier molecular flexibility index (Phi) is 2.23. The van der Waals surface area contributed by atoms with Gasteiger partial charge in [-0.1, -0.05) is 11.6 Å². The highest BCUT2D eigenvalue weighted by atomic mass is 35.5. The molecular weight excluding hydrogens is 260 g/mol. The lowest BCUT2D eigenvalue weighted by Crippen LogP contribution is -2.55. The Bertz CT molecular complexity index is 551. The number of hydrogen-bond donors (Lipinski definition) is 1. The largest absolute Gasteiger partial charge is 0.322 e. The van der Waals surface area contributed by atoms with Gasteiger partial charge in [-0.15, -0.1) is 0 Å². The second-order valence-corrected chi connectivity index (χ2v) is 6.49. The van der Waals surface area contributed by atoms with Crippen LogP contribution in [0.15, 0.2) is 18.2 Å². The van der Waals surface area contributed by atoms with Crippen LogP contribution in [0.2, 0.25) is 5.02 Å². The van der Waals surface area contributed by atoms with Crippen LogP contribution in [0.1, 0.15) is 31.2 Å². The third kappa shape index (κ3) is 1.48. The van der Waals surface area contributed by atoms with Gasteiger partial charge in [0.2, 0.25) is 0 Å². The van der Waals surface area contributed by atoms with Gasteiger partial charge in [0.15, 0.2) is 0 Å². The number of halogens is 1. The molecule has 0 bridgehead atoms. The summed E-state index contributed by atoms with van der Waals surface area (Å²) in [5, 5.41) is 3.74. The van der Waals surface area contributed by atoms with Crippen molar-refractivity contribution < 1.29 is 4.79 Å². The molecule has 2 aliphatic carbocycles. The van der Waals surface area contributed by atoms with E-state index in [0.29, 0.717) is 11.8 Å². The summed E-state index contributed by atoms with van der Waals surface area (Å²) in [5.41, 5.74) is 2.07. The van der Waals surface area contributed by atoms with E-state index in [-0.39, 0.29) is 11.6 Å². The van der Waals surface area contributed by atoms with Crippen LogP contribution in [0.5, 0.6) is 0 Å². The van der Waals surface area contributed by atoms with Gasteiger partial charge in [-0.3, -0.25) is 0 Å². The van der Waals surface area contributed by atoms with E-state index in [1.165, 1.54) is 31.2 Å². The van der Waals surface area contributed by atoms with Crippen LogP contribution in [0.4, 0.5) is 10.5 Å². The number of nitrogens with zero attached hydrogens (tertiary/aromatic N) is 1. The Hall–Kier alpha value is -1.22. The van der Waals surface area contributed by atoms with Crippen molar-refractivity contribution in [1.29, 1.82) is 0 Å². The molecule has 1 N–H and O–H groups in total. The van der Waals surface area contributed by atoms with Crippen LogP contribution in [-0.4, -0.2) is 18.0 Å². The number of rotatable bonds is 2. The maximum Gasteiger partial charge on any atom is 0.322 e. The van der Waals surface area contributed by atoms with Crippen molar-refractivity contribution in [3.05, 3.63) is 28.8 Å². The van der Waals surface area contributed by atoms with Crippen LogP contribution in [0, 0.1) is 11.8 Å². The minimum absolute atomic E-state index is 0.0219. The summed E-state index contributed by atoms with van der Waals surface area (Å²) in [7, 11) is 1.94. The smallest absolute Gasteiger partial charge is 0.317 e. The molecule has 1 aliphatic heterocycles. The standard InChI is InChI=1S/C15H17ClN2O/c1-18-14(19)17-13-7-6-11(16)8-12(13)15(18,9-2-3-9)10-4-5-10/h6-10H,2-5H2,1H3,(H,17,19). The van der Waals surface area contributed by atoms with E-state index < -0.39 is 0 Å². The quantitative estimate of drug-likeness (QED) is 0.875. The molecule has 2 fully saturated rings. The highest BCUT2D eigenvalue weighted by Gasteiger charge is 2.61. The van der Waals surface area contributed by atoms with Gasteiger partial charge in [0.25, 0.3) is 0 Å². The van der Waals surface area contributed by atoms with E-state index in [0.717, 1.165) is 10.7 Å². The molecule has 0 unspecified atom stereocenters. The van der Waals surface area contributed by atoms with Crippen molar-refractivity contribution in [2.24, 2.45) is 11.8 Å². The van der Waals surface area contributed by atoms with Crippen LogP contribution >= 0.6 is 11.6 Å². The topological polar surface area (TPSA) is 32.3 Å². The first-order chi connectivity index (χ1) is 9.14. The van der Waals surface area contributed by atoms with Crippen LogP contribution in [0.3, 0.4) is 0 Å². The summed E-state index contributed by atoms with van der Waals surface area (Å²) in [6, 6.07) is 5.89. The molecule has 4 heteroatoms. The number of anilines is 1. The zero-order valence-electron chi connectivity index (χ0n) is 10.9. The van der Waals surface area contributed by atoms with Crippen LogP contribution < -0.4 is 5.32 Å². The summed E-state index contributed by atoms with van der Waals surface area (Å²) in [6.45, 7) is 0. The maximum absolute atomic E-state index is 12.3. The molecule has 19 heavy (non-hydrogen) atoms. The fraction of sp³-hybridized carbons (Fsp3) is 0.533. The van der Waals surface area contributed by atoms with Crippen molar-refractivity contribution >= 4 is 23.3 Å². The van der Waals surface area contributed by atoms with Crippen molar-refractivity contribution in [2.75, 3.05) is 12.4 Å². The second-order valence-electron chi connectivity index (χ2n) is 6.05. The first-order valence-corrected chi connectivity index (χ1v) is 7.36. The first-order valence-electron chi connectivity index (χ1n) is 6.99. The Morgan fingerprint density at radius 3 is 2.47 bits per heavy atom. The molecule has 3 nitrogen and oxygen atoms in total. The normalized spacial score (nSPS) is 24.9. The molecular formula is C15H17ClN2O. The summed E-state index contributed by atoms with van der Waals surface area (Å²) >= 11 is 6.21. The maximum atomic E-state index is 12.3. The molecule has 0 radical (unpaired) electrons. The van der Waals surface area contributed by atoms with E-state index in [2.05, 4.69) is 11.4 Å². The number of benzene rings is 1. The lowest BCUT2D eigenvalue weighted by molar-refractivity contribution is 0.0962. The van der Waals surface area contributed by atoms with E-state index >= 15 is 0 Å². The van der Waals surface area contributed by atoms with Gasteiger partial charge in [0.05, 0.1) is 5.54 Å². The van der Waals surface area contributed by atoms with Gasteiger partial charge in [0, 0.05) is 23.3 Å². The number of nitrogens with one attached hydrogen (secondary N) is 1. The summed E-state index contributed by atoms with van der Waals surface area (Å²) < 4.78 is 0. The second kappa shape index (κ2) is 3.66. The fourth-order valence-corrected chi connectivity index (χ4v) is 4.04. The lowest BCUT2D eigenvalue weighted by atomic mass is 9.77. The lowest BCUT2D eigenvalue weighted by Gasteiger charge is -2.47. The zero-order chi connectivity index (χ0) is 13.2. The van der Waals surface area contributed by atoms with Crippen molar-refractivity contribution in [3.8, 4) is 0 Å². The van der Waals surface area contributed by atoms with Crippen molar-refractivity contribution in [1.82, 2.24) is 4.90 Å². The monoisotopic (exact) mass is 276 g/mol. The Labute approximate surface area is 117 Å². The van der Waals surface area contributed by atoms with Gasteiger partial charge in [0.1, 0.15) is 0 Å². The summed E-state index contributed by atoms with van der Waals surface area (Å²) in [4.78, 5) is 14.2. The molecule has 100 valence electrons. The van der Waals surface area contributed by atoms with E-state index in [1.807, 2.05) is 24.1 Å². The Balaban J connectivity index is 1.96. The molecule has 1 heterocycles. The average molecular weight is 277 g/mol. The molecule has 0 spiro atoms. The van der Waals surface area contributed by atoms with Gasteiger partial charge < -0.3 is 10.2 Å². The Morgan fingerprint density at radius 2 is 1.89 bits per heavy atom. The van der Waals surface area contributed by atoms with E-state index in [4.69, 9.17) is 11.6 Å². The molecule has 2 amide bonds. The molecule has 0 saturated heterocycles. The molecule has 2 saturated carbocycles. The van der Waals surface area contributed by atoms with Crippen molar-refractivity contribution in [3.63, 3.8) is 0 Å². The van der Waals surface area contributed by atoms with Crippen molar-refractivity contribution in [2.45, 2.75) is 31.2 Å². The van der Waals surface area contributed by atoms with Gasteiger partial charge in [-0.05, 0) is 55.7 Å². The third-order valence-corrected chi connectivity index (χ3v) is 5.15. The van der Waals surface area contributed by atoms with Gasteiger partial charge in [-0.2, -0.15) is 0 Å². The molecule has 0 aromatic heterocycles. The highest BCUT2D eigenvalue weighted by molar-refractivity contribution is 6.30. The minimum atomic E-state index is -0.109. The highest BCUT2D eigenvalue weighted by Crippen LogP contribution is 2.62. The summed E-state index contributed by atoms with van der Waals surface area (Å²) in [6.07, 6.45) is 4.89. The Morgan fingerprint density at radius 1 is 1.26 bits per heavy atom. The molecule has 0 atom stereocenters. The predicted octanol–water partition coefficient (Wildman–Crippen LogP) is 3.83. The first kappa shape index (κ1) is 11.6. The zero-order valence-corrected chi connectivity index (χ0v) is 11.7. The van der Waals surface area contributed by atoms with E-state index in [9.17, 15) is 4.79 Å². The fourth-order valence-electron chi connectivity index (χ4n) is 3.87. The van der Waals surface area contributed by atoms with Crippen LogP contribution in [-0.2, 0) is 5.54 Å². The number of urea groups is 1. The number of carbonyl (C=O) groups excluding carboxylic acids is 1.